The second-order valence-corrected chi connectivity index (χ2v) is 8.76. The van der Waals surface area contributed by atoms with Crippen LogP contribution in [0.15, 0.2) is 24.3 Å². The Bertz CT molecular complexity index is 739. The van der Waals surface area contributed by atoms with Gasteiger partial charge in [-0.05, 0) is 58.1 Å². The average Bonchev–Trinajstić information content (AvgIpc) is 2.70. The van der Waals surface area contributed by atoms with Crippen molar-refractivity contribution in [3.63, 3.8) is 0 Å². The zero-order valence-corrected chi connectivity index (χ0v) is 18.7. The SMILES string of the molecule is CCc1ccc(C(C)NC(=O)COC(=O)C2CCCN(C(=O)OC(C)(C)C)C2)cc1. The maximum absolute atomic E-state index is 12.4. The summed E-state index contributed by atoms with van der Waals surface area (Å²) in [6.07, 6.45) is 1.85. The van der Waals surface area contributed by atoms with Crippen LogP contribution in [-0.2, 0) is 25.5 Å². The summed E-state index contributed by atoms with van der Waals surface area (Å²) >= 11 is 0. The third-order valence-corrected chi connectivity index (χ3v) is 5.02. The first-order valence-corrected chi connectivity index (χ1v) is 10.6. The Morgan fingerprint density at radius 3 is 2.47 bits per heavy atom. The number of nitrogens with one attached hydrogen (secondary N) is 1. The maximum atomic E-state index is 12.4. The fourth-order valence-corrected chi connectivity index (χ4v) is 3.32. The van der Waals surface area contributed by atoms with E-state index >= 15 is 0 Å². The van der Waals surface area contributed by atoms with Crippen molar-refractivity contribution < 1.29 is 23.9 Å². The molecule has 166 valence electrons. The molecule has 1 aliphatic rings. The van der Waals surface area contributed by atoms with E-state index in [0.717, 1.165) is 12.0 Å². The first-order chi connectivity index (χ1) is 14.1. The van der Waals surface area contributed by atoms with E-state index < -0.39 is 23.6 Å². The minimum atomic E-state index is -0.587. The van der Waals surface area contributed by atoms with Crippen LogP contribution < -0.4 is 5.32 Å². The molecule has 7 heteroatoms. The lowest BCUT2D eigenvalue weighted by molar-refractivity contribution is -0.154. The second-order valence-electron chi connectivity index (χ2n) is 8.76. The molecule has 0 spiro atoms. The number of rotatable bonds is 6. The van der Waals surface area contributed by atoms with E-state index in [1.54, 1.807) is 20.8 Å². The van der Waals surface area contributed by atoms with E-state index in [-0.39, 0.29) is 25.1 Å². The van der Waals surface area contributed by atoms with Crippen LogP contribution in [0.5, 0.6) is 0 Å². The first-order valence-electron chi connectivity index (χ1n) is 10.6. The molecule has 0 aromatic heterocycles. The van der Waals surface area contributed by atoms with Gasteiger partial charge < -0.3 is 19.7 Å². The summed E-state index contributed by atoms with van der Waals surface area (Å²) in [6.45, 7) is 9.85. The largest absolute Gasteiger partial charge is 0.455 e. The molecule has 2 amide bonds. The summed E-state index contributed by atoms with van der Waals surface area (Å²) in [5.41, 5.74) is 1.64. The van der Waals surface area contributed by atoms with Crippen LogP contribution in [0.4, 0.5) is 4.79 Å². The van der Waals surface area contributed by atoms with Gasteiger partial charge in [0.1, 0.15) is 5.60 Å². The summed E-state index contributed by atoms with van der Waals surface area (Å²) in [4.78, 5) is 38.4. The maximum Gasteiger partial charge on any atom is 0.410 e. The highest BCUT2D eigenvalue weighted by atomic mass is 16.6. The van der Waals surface area contributed by atoms with Gasteiger partial charge in [-0.3, -0.25) is 9.59 Å². The van der Waals surface area contributed by atoms with Crippen molar-refractivity contribution in [1.82, 2.24) is 10.2 Å². The third-order valence-electron chi connectivity index (χ3n) is 5.02. The molecule has 1 N–H and O–H groups in total. The van der Waals surface area contributed by atoms with Crippen LogP contribution in [0.1, 0.15) is 64.6 Å². The number of piperidine rings is 1. The van der Waals surface area contributed by atoms with Crippen molar-refractivity contribution >= 4 is 18.0 Å². The zero-order chi connectivity index (χ0) is 22.3. The van der Waals surface area contributed by atoms with Crippen LogP contribution in [0.2, 0.25) is 0 Å². The number of amides is 2. The molecule has 1 aromatic carbocycles. The Balaban J connectivity index is 1.79. The van der Waals surface area contributed by atoms with E-state index in [0.29, 0.717) is 19.4 Å². The molecule has 0 bridgehead atoms. The number of carbonyl (C=O) groups is 3. The summed E-state index contributed by atoms with van der Waals surface area (Å²) in [6, 6.07) is 7.88. The number of aryl methyl sites for hydroxylation is 1. The highest BCUT2D eigenvalue weighted by Gasteiger charge is 2.32. The van der Waals surface area contributed by atoms with Crippen molar-refractivity contribution in [2.45, 2.75) is 65.5 Å². The molecule has 30 heavy (non-hydrogen) atoms. The van der Waals surface area contributed by atoms with Crippen molar-refractivity contribution in [2.24, 2.45) is 5.92 Å². The number of benzene rings is 1. The van der Waals surface area contributed by atoms with E-state index in [1.165, 1.54) is 10.5 Å². The molecular formula is C23H34N2O5. The molecule has 2 unspecified atom stereocenters. The molecule has 1 aromatic rings. The number of ether oxygens (including phenoxy) is 2. The van der Waals surface area contributed by atoms with Gasteiger partial charge in [0.15, 0.2) is 6.61 Å². The Hall–Kier alpha value is -2.57. The number of hydrogen-bond donors (Lipinski definition) is 1. The van der Waals surface area contributed by atoms with Gasteiger partial charge in [-0.15, -0.1) is 0 Å². The van der Waals surface area contributed by atoms with Gasteiger partial charge in [0.2, 0.25) is 0 Å². The topological polar surface area (TPSA) is 84.9 Å². The van der Waals surface area contributed by atoms with E-state index in [1.807, 2.05) is 31.2 Å². The number of esters is 1. The second kappa shape index (κ2) is 10.5. The number of nitrogens with zero attached hydrogens (tertiary/aromatic N) is 1. The lowest BCUT2D eigenvalue weighted by atomic mass is 9.98. The van der Waals surface area contributed by atoms with Gasteiger partial charge in [-0.25, -0.2) is 4.79 Å². The molecule has 2 atom stereocenters. The molecular weight excluding hydrogens is 384 g/mol. The molecule has 2 rings (SSSR count). The average molecular weight is 419 g/mol. The first kappa shape index (κ1) is 23.7. The predicted molar refractivity (Wildman–Crippen MR) is 114 cm³/mol. The summed E-state index contributed by atoms with van der Waals surface area (Å²) in [7, 11) is 0. The fraction of sp³-hybridized carbons (Fsp3) is 0.609. The van der Waals surface area contributed by atoms with Crippen LogP contribution in [-0.4, -0.2) is 48.2 Å². The van der Waals surface area contributed by atoms with Crippen molar-refractivity contribution in [2.75, 3.05) is 19.7 Å². The van der Waals surface area contributed by atoms with Gasteiger partial charge in [-0.2, -0.15) is 0 Å². The monoisotopic (exact) mass is 418 g/mol. The van der Waals surface area contributed by atoms with Crippen LogP contribution in [0.25, 0.3) is 0 Å². The molecule has 1 saturated heterocycles. The Morgan fingerprint density at radius 1 is 1.20 bits per heavy atom. The normalized spacial score (nSPS) is 17.8. The van der Waals surface area contributed by atoms with Gasteiger partial charge >= 0.3 is 12.1 Å². The Morgan fingerprint density at radius 2 is 1.87 bits per heavy atom. The fourth-order valence-electron chi connectivity index (χ4n) is 3.32. The van der Waals surface area contributed by atoms with Gasteiger partial charge in [0.05, 0.1) is 12.0 Å². The predicted octanol–water partition coefficient (Wildman–Crippen LogP) is 3.62. The van der Waals surface area contributed by atoms with Crippen LogP contribution in [0.3, 0.4) is 0 Å². The summed E-state index contributed by atoms with van der Waals surface area (Å²) in [5, 5.41) is 2.84. The van der Waals surface area contributed by atoms with Gasteiger partial charge in [0.25, 0.3) is 5.91 Å². The molecule has 0 radical (unpaired) electrons. The molecule has 0 aliphatic carbocycles. The Kier molecular flexibility index (Phi) is 8.26. The van der Waals surface area contributed by atoms with E-state index in [2.05, 4.69) is 12.2 Å². The molecule has 1 fully saturated rings. The minimum Gasteiger partial charge on any atom is -0.455 e. The van der Waals surface area contributed by atoms with E-state index in [4.69, 9.17) is 9.47 Å². The number of carbonyl (C=O) groups excluding carboxylic acids is 3. The molecule has 1 heterocycles. The van der Waals surface area contributed by atoms with Gasteiger partial charge in [0, 0.05) is 13.1 Å². The van der Waals surface area contributed by atoms with Crippen molar-refractivity contribution in [3.05, 3.63) is 35.4 Å². The minimum absolute atomic E-state index is 0.181. The van der Waals surface area contributed by atoms with Crippen LogP contribution in [0, 0.1) is 5.92 Å². The quantitative estimate of drug-likeness (QED) is 0.713. The third kappa shape index (κ3) is 7.35. The highest BCUT2D eigenvalue weighted by molar-refractivity contribution is 5.82. The smallest absolute Gasteiger partial charge is 0.410 e. The summed E-state index contributed by atoms with van der Waals surface area (Å²) < 4.78 is 10.6. The van der Waals surface area contributed by atoms with E-state index in [9.17, 15) is 14.4 Å². The number of hydrogen-bond acceptors (Lipinski definition) is 5. The standard InChI is InChI=1S/C23H34N2O5/c1-6-17-9-11-18(12-10-17)16(2)24-20(26)15-29-21(27)19-8-7-13-25(14-19)22(28)30-23(3,4)5/h9-12,16,19H,6-8,13-15H2,1-5H3,(H,24,26). The van der Waals surface area contributed by atoms with Crippen molar-refractivity contribution in [1.29, 1.82) is 0 Å². The summed E-state index contributed by atoms with van der Waals surface area (Å²) in [5.74, 6) is -1.26. The Labute approximate surface area is 179 Å². The van der Waals surface area contributed by atoms with Gasteiger partial charge in [-0.1, -0.05) is 31.2 Å². The lowest BCUT2D eigenvalue weighted by Gasteiger charge is -2.33. The zero-order valence-electron chi connectivity index (χ0n) is 18.7. The number of likely N-dealkylation sites (tertiary alicyclic amines) is 1. The van der Waals surface area contributed by atoms with Crippen LogP contribution >= 0.6 is 0 Å². The molecule has 7 nitrogen and oxygen atoms in total. The molecule has 1 aliphatic heterocycles. The lowest BCUT2D eigenvalue weighted by Crippen LogP contribution is -2.45. The highest BCUT2D eigenvalue weighted by Crippen LogP contribution is 2.20. The molecule has 0 saturated carbocycles. The van der Waals surface area contributed by atoms with Crippen molar-refractivity contribution in [3.8, 4) is 0 Å².